The molecule has 3 N–H and O–H groups in total. The molecule has 4 nitrogen and oxygen atoms in total. The molecule has 16 heavy (non-hydrogen) atoms. The summed E-state index contributed by atoms with van der Waals surface area (Å²) in [4.78, 5) is 0. The predicted molar refractivity (Wildman–Crippen MR) is 60.1 cm³/mol. The summed E-state index contributed by atoms with van der Waals surface area (Å²) in [5.41, 5.74) is 4.48. The Morgan fingerprint density at radius 1 is 1.38 bits per heavy atom. The average Bonchev–Trinajstić information content (AvgIpc) is 2.82. The maximum Gasteiger partial charge on any atom is 0.123 e. The Morgan fingerprint density at radius 3 is 2.69 bits per heavy atom. The predicted octanol–water partition coefficient (Wildman–Crippen LogP) is 1.42. The van der Waals surface area contributed by atoms with Crippen molar-refractivity contribution >= 4 is 11.7 Å². The van der Waals surface area contributed by atoms with Crippen LogP contribution in [0.15, 0.2) is 30.5 Å². The highest BCUT2D eigenvalue weighted by atomic mass is 32.1. The molecule has 1 aromatic heterocycles. The fourth-order valence-electron chi connectivity index (χ4n) is 1.43. The molecule has 2 aromatic rings. The van der Waals surface area contributed by atoms with Crippen molar-refractivity contribution in [1.82, 2.24) is 14.2 Å². The Kier molecular flexibility index (Phi) is 3.55. The summed E-state index contributed by atoms with van der Waals surface area (Å²) in [5, 5.41) is 0. The molecule has 0 aliphatic heterocycles. The van der Waals surface area contributed by atoms with Crippen molar-refractivity contribution in [2.75, 3.05) is 0 Å². The van der Waals surface area contributed by atoms with Gasteiger partial charge in [-0.15, -0.1) is 0 Å². The third-order valence-corrected chi connectivity index (χ3v) is 2.78. The molecule has 1 heterocycles. The number of nitrogens with two attached hydrogens (primary N) is 1. The Bertz CT molecular complexity index is 429. The van der Waals surface area contributed by atoms with Crippen molar-refractivity contribution in [1.29, 1.82) is 0 Å². The Balaban J connectivity index is 2.10. The zero-order chi connectivity index (χ0) is 11.4. The van der Waals surface area contributed by atoms with E-state index in [1.807, 2.05) is 0 Å². The summed E-state index contributed by atoms with van der Waals surface area (Å²) in [5.74, 6) is 5.21. The molecule has 1 unspecified atom stereocenters. The summed E-state index contributed by atoms with van der Waals surface area (Å²) in [6.45, 7) is 0. The zero-order valence-electron chi connectivity index (χ0n) is 8.43. The molecule has 0 saturated heterocycles. The van der Waals surface area contributed by atoms with E-state index >= 15 is 0 Å². The van der Waals surface area contributed by atoms with Crippen molar-refractivity contribution in [2.24, 2.45) is 5.84 Å². The van der Waals surface area contributed by atoms with Crippen LogP contribution < -0.4 is 11.3 Å². The molecule has 0 fully saturated rings. The van der Waals surface area contributed by atoms with E-state index in [0.29, 0.717) is 6.42 Å². The molecule has 0 radical (unpaired) electrons. The van der Waals surface area contributed by atoms with Gasteiger partial charge in [0, 0.05) is 0 Å². The summed E-state index contributed by atoms with van der Waals surface area (Å²) >= 11 is 1.14. The first kappa shape index (κ1) is 11.1. The van der Waals surface area contributed by atoms with Crippen LogP contribution in [0.3, 0.4) is 0 Å². The fourth-order valence-corrected chi connectivity index (χ4v) is 1.90. The van der Waals surface area contributed by atoms with Gasteiger partial charge in [-0.05, 0) is 24.1 Å². The molecule has 0 amide bonds. The lowest BCUT2D eigenvalue weighted by molar-refractivity contribution is 0.541. The number of hydrazine groups is 1. The first-order valence-corrected chi connectivity index (χ1v) is 5.50. The van der Waals surface area contributed by atoms with E-state index in [2.05, 4.69) is 14.2 Å². The van der Waals surface area contributed by atoms with Gasteiger partial charge < -0.3 is 0 Å². The van der Waals surface area contributed by atoms with Gasteiger partial charge in [0.15, 0.2) is 0 Å². The van der Waals surface area contributed by atoms with E-state index in [0.717, 1.165) is 23.0 Å². The van der Waals surface area contributed by atoms with Gasteiger partial charge in [-0.1, -0.05) is 12.1 Å². The maximum atomic E-state index is 12.7. The quantitative estimate of drug-likeness (QED) is 0.624. The second kappa shape index (κ2) is 5.11. The standard InChI is InChI=1S/C10H11FN4S/c11-8-3-1-7(2-4-8)5-9(14-12)10-6-13-16-15-10/h1-4,6,9,14H,5,12H2. The number of nitrogens with zero attached hydrogens (tertiary/aromatic N) is 2. The van der Waals surface area contributed by atoms with Gasteiger partial charge in [-0.3, -0.25) is 11.3 Å². The molecule has 6 heteroatoms. The lowest BCUT2D eigenvalue weighted by atomic mass is 10.0. The summed E-state index contributed by atoms with van der Waals surface area (Å²) in [6, 6.07) is 6.24. The van der Waals surface area contributed by atoms with Gasteiger partial charge in [0.25, 0.3) is 0 Å². The van der Waals surface area contributed by atoms with Gasteiger partial charge >= 0.3 is 0 Å². The zero-order valence-corrected chi connectivity index (χ0v) is 9.25. The number of rotatable bonds is 4. The number of halogens is 1. The van der Waals surface area contributed by atoms with Crippen molar-refractivity contribution in [3.63, 3.8) is 0 Å². The van der Waals surface area contributed by atoms with Crippen LogP contribution >= 0.6 is 11.7 Å². The van der Waals surface area contributed by atoms with Crippen LogP contribution in [0.1, 0.15) is 17.3 Å². The number of benzene rings is 1. The second-order valence-electron chi connectivity index (χ2n) is 3.38. The first-order valence-electron chi connectivity index (χ1n) is 4.77. The molecule has 0 aliphatic rings. The minimum absolute atomic E-state index is 0.0933. The summed E-state index contributed by atoms with van der Waals surface area (Å²) in [6.07, 6.45) is 2.33. The minimum atomic E-state index is -0.240. The van der Waals surface area contributed by atoms with Crippen molar-refractivity contribution in [3.05, 3.63) is 47.5 Å². The van der Waals surface area contributed by atoms with Gasteiger partial charge in [0.1, 0.15) is 5.82 Å². The van der Waals surface area contributed by atoms with E-state index in [-0.39, 0.29) is 11.9 Å². The molecule has 0 spiro atoms. The third kappa shape index (κ3) is 2.60. The van der Waals surface area contributed by atoms with E-state index < -0.39 is 0 Å². The minimum Gasteiger partial charge on any atom is -0.271 e. The Labute approximate surface area is 96.6 Å². The van der Waals surface area contributed by atoms with Crippen LogP contribution in [0.5, 0.6) is 0 Å². The number of hydrogen-bond acceptors (Lipinski definition) is 5. The lowest BCUT2D eigenvalue weighted by Gasteiger charge is -2.12. The van der Waals surface area contributed by atoms with Gasteiger partial charge in [-0.25, -0.2) is 4.39 Å². The molecule has 0 bridgehead atoms. The largest absolute Gasteiger partial charge is 0.271 e. The van der Waals surface area contributed by atoms with Crippen LogP contribution in [0.25, 0.3) is 0 Å². The van der Waals surface area contributed by atoms with Crippen LogP contribution in [-0.2, 0) is 6.42 Å². The average molecular weight is 238 g/mol. The summed E-state index contributed by atoms with van der Waals surface area (Å²) < 4.78 is 20.8. The van der Waals surface area contributed by atoms with Gasteiger partial charge in [-0.2, -0.15) is 8.75 Å². The SMILES string of the molecule is NNC(Cc1ccc(F)cc1)c1cnsn1. The maximum absolute atomic E-state index is 12.7. The van der Waals surface area contributed by atoms with Gasteiger partial charge in [0.05, 0.1) is 29.7 Å². The monoisotopic (exact) mass is 238 g/mol. The fraction of sp³-hybridized carbons (Fsp3) is 0.200. The molecule has 1 aromatic carbocycles. The van der Waals surface area contributed by atoms with Crippen LogP contribution in [0.4, 0.5) is 4.39 Å². The highest BCUT2D eigenvalue weighted by Gasteiger charge is 2.13. The number of aromatic nitrogens is 2. The number of hydrogen-bond donors (Lipinski definition) is 2. The highest BCUT2D eigenvalue weighted by Crippen LogP contribution is 2.16. The molecule has 0 aliphatic carbocycles. The molecule has 2 rings (SSSR count). The van der Waals surface area contributed by atoms with Crippen LogP contribution in [0.2, 0.25) is 0 Å². The molecule has 0 saturated carbocycles. The van der Waals surface area contributed by atoms with E-state index in [9.17, 15) is 4.39 Å². The highest BCUT2D eigenvalue weighted by molar-refractivity contribution is 6.99. The summed E-state index contributed by atoms with van der Waals surface area (Å²) in [7, 11) is 0. The Morgan fingerprint density at radius 2 is 2.12 bits per heavy atom. The molecular weight excluding hydrogens is 227 g/mol. The molecule has 1 atom stereocenters. The van der Waals surface area contributed by atoms with E-state index in [4.69, 9.17) is 5.84 Å². The topological polar surface area (TPSA) is 63.8 Å². The lowest BCUT2D eigenvalue weighted by Crippen LogP contribution is -2.29. The third-order valence-electron chi connectivity index (χ3n) is 2.29. The number of nitrogens with one attached hydrogen (secondary N) is 1. The van der Waals surface area contributed by atoms with E-state index in [1.165, 1.54) is 12.1 Å². The smallest absolute Gasteiger partial charge is 0.123 e. The van der Waals surface area contributed by atoms with E-state index in [1.54, 1.807) is 18.3 Å². The first-order chi connectivity index (χ1) is 7.79. The normalized spacial score (nSPS) is 12.6. The van der Waals surface area contributed by atoms with Crippen molar-refractivity contribution < 1.29 is 4.39 Å². The molecule has 84 valence electrons. The van der Waals surface area contributed by atoms with Gasteiger partial charge in [0.2, 0.25) is 0 Å². The Hall–Kier alpha value is -1.37. The molecular formula is C10H11FN4S. The second-order valence-corrected chi connectivity index (χ2v) is 3.94. The van der Waals surface area contributed by atoms with Crippen molar-refractivity contribution in [3.8, 4) is 0 Å². The van der Waals surface area contributed by atoms with Crippen LogP contribution in [0, 0.1) is 5.82 Å². The van der Waals surface area contributed by atoms with Crippen LogP contribution in [-0.4, -0.2) is 8.75 Å². The van der Waals surface area contributed by atoms with Crippen molar-refractivity contribution in [2.45, 2.75) is 12.5 Å².